The maximum atomic E-state index is 12.6. The van der Waals surface area contributed by atoms with Crippen LogP contribution in [0, 0.1) is 19.3 Å². The van der Waals surface area contributed by atoms with Gasteiger partial charge in [-0.25, -0.2) is 8.42 Å². The fraction of sp³-hybridized carbons (Fsp3) is 0.632. The lowest BCUT2D eigenvalue weighted by molar-refractivity contribution is -0.121. The first kappa shape index (κ1) is 21.5. The zero-order valence-electron chi connectivity index (χ0n) is 16.7. The zero-order valence-corrected chi connectivity index (χ0v) is 17.5. The molecule has 0 atom stereocenters. The van der Waals surface area contributed by atoms with Gasteiger partial charge in [0.05, 0.1) is 11.9 Å². The van der Waals surface area contributed by atoms with Crippen LogP contribution in [0.2, 0.25) is 0 Å². The van der Waals surface area contributed by atoms with Gasteiger partial charge in [0.15, 0.2) is 0 Å². The van der Waals surface area contributed by atoms with Crippen LogP contribution in [0.15, 0.2) is 18.2 Å². The van der Waals surface area contributed by atoms with Gasteiger partial charge in [-0.15, -0.1) is 0 Å². The van der Waals surface area contributed by atoms with Crippen molar-refractivity contribution in [2.24, 2.45) is 5.41 Å². The van der Waals surface area contributed by atoms with Crippen molar-refractivity contribution in [2.45, 2.75) is 60.4 Å². The molecule has 6 heteroatoms. The second kappa shape index (κ2) is 7.36. The predicted molar refractivity (Wildman–Crippen MR) is 104 cm³/mol. The number of amides is 1. The van der Waals surface area contributed by atoms with Gasteiger partial charge in [0.25, 0.3) is 0 Å². The van der Waals surface area contributed by atoms with E-state index < -0.39 is 15.6 Å². The Labute approximate surface area is 152 Å². The maximum absolute atomic E-state index is 12.6. The molecule has 1 aromatic rings. The van der Waals surface area contributed by atoms with Gasteiger partial charge in [0, 0.05) is 5.54 Å². The normalized spacial score (nSPS) is 12.8. The van der Waals surface area contributed by atoms with Crippen molar-refractivity contribution in [1.82, 2.24) is 5.32 Å². The van der Waals surface area contributed by atoms with Crippen LogP contribution >= 0.6 is 0 Å². The Balaban J connectivity index is 3.05. The van der Waals surface area contributed by atoms with Gasteiger partial charge in [-0.3, -0.25) is 9.10 Å². The molecule has 1 aromatic carbocycles. The number of sulfonamides is 1. The van der Waals surface area contributed by atoms with Crippen LogP contribution in [-0.2, 0) is 14.8 Å². The maximum Gasteiger partial charge on any atom is 0.241 e. The molecule has 0 saturated heterocycles. The molecule has 0 aliphatic rings. The molecule has 1 amide bonds. The number of hydrogen-bond acceptors (Lipinski definition) is 3. The summed E-state index contributed by atoms with van der Waals surface area (Å²) in [6.45, 7) is 13.8. The predicted octanol–water partition coefficient (Wildman–Crippen LogP) is 3.40. The van der Waals surface area contributed by atoms with Gasteiger partial charge in [-0.2, -0.15) is 0 Å². The van der Waals surface area contributed by atoms with E-state index >= 15 is 0 Å². The number of benzene rings is 1. The lowest BCUT2D eigenvalue weighted by Gasteiger charge is -2.34. The Morgan fingerprint density at radius 2 is 1.68 bits per heavy atom. The molecule has 0 heterocycles. The van der Waals surface area contributed by atoms with Gasteiger partial charge < -0.3 is 5.32 Å². The number of nitrogens with zero attached hydrogens (tertiary/aromatic N) is 1. The van der Waals surface area contributed by atoms with Gasteiger partial charge in [-0.1, -0.05) is 32.9 Å². The molecule has 1 rings (SSSR count). The van der Waals surface area contributed by atoms with Crippen molar-refractivity contribution in [3.05, 3.63) is 29.3 Å². The van der Waals surface area contributed by atoms with E-state index in [-0.39, 0.29) is 17.9 Å². The standard InChI is InChI=1S/C19H32N2O3S/c1-14-10-9-11-16(15(14)2)21(25(8,23)24)12-17(22)20-19(6,7)13-18(3,4)5/h9-11H,12-13H2,1-8H3,(H,20,22). The van der Waals surface area contributed by atoms with Crippen LogP contribution in [0.5, 0.6) is 0 Å². The monoisotopic (exact) mass is 368 g/mol. The third kappa shape index (κ3) is 6.69. The van der Waals surface area contributed by atoms with E-state index in [2.05, 4.69) is 26.1 Å². The summed E-state index contributed by atoms with van der Waals surface area (Å²) in [5.41, 5.74) is 2.03. The van der Waals surface area contributed by atoms with E-state index in [1.165, 1.54) is 4.31 Å². The number of anilines is 1. The molecule has 0 bridgehead atoms. The summed E-state index contributed by atoms with van der Waals surface area (Å²) in [5.74, 6) is -0.305. The Hall–Kier alpha value is -1.56. The lowest BCUT2D eigenvalue weighted by Crippen LogP contribution is -2.50. The largest absolute Gasteiger partial charge is 0.350 e. The van der Waals surface area contributed by atoms with Crippen LogP contribution < -0.4 is 9.62 Å². The Morgan fingerprint density at radius 3 is 2.16 bits per heavy atom. The minimum Gasteiger partial charge on any atom is -0.350 e. The summed E-state index contributed by atoms with van der Waals surface area (Å²) in [5, 5.41) is 2.97. The topological polar surface area (TPSA) is 66.5 Å². The minimum atomic E-state index is -3.57. The van der Waals surface area contributed by atoms with Gasteiger partial charge in [0.1, 0.15) is 6.54 Å². The average Bonchev–Trinajstić information content (AvgIpc) is 2.34. The van der Waals surface area contributed by atoms with Gasteiger partial charge >= 0.3 is 0 Å². The molecule has 0 aliphatic heterocycles. The van der Waals surface area contributed by atoms with Gasteiger partial charge in [-0.05, 0) is 56.7 Å². The molecule has 0 aliphatic carbocycles. The van der Waals surface area contributed by atoms with E-state index in [9.17, 15) is 13.2 Å². The molecule has 142 valence electrons. The molecular formula is C19H32N2O3S. The second-order valence-corrected chi connectivity index (χ2v) is 10.6. The van der Waals surface area contributed by atoms with Crippen LogP contribution in [0.3, 0.4) is 0 Å². The quantitative estimate of drug-likeness (QED) is 0.837. The molecule has 5 nitrogen and oxygen atoms in total. The number of rotatable bonds is 6. The highest BCUT2D eigenvalue weighted by Crippen LogP contribution is 2.27. The third-order valence-corrected chi connectivity index (χ3v) is 5.11. The first-order valence-electron chi connectivity index (χ1n) is 8.47. The molecular weight excluding hydrogens is 336 g/mol. The molecule has 0 fully saturated rings. The highest BCUT2D eigenvalue weighted by molar-refractivity contribution is 7.92. The number of carbonyl (C=O) groups excluding carboxylic acids is 1. The van der Waals surface area contributed by atoms with Crippen molar-refractivity contribution in [1.29, 1.82) is 0 Å². The SMILES string of the molecule is Cc1cccc(N(CC(=O)NC(C)(C)CC(C)(C)C)S(C)(=O)=O)c1C. The third-order valence-electron chi connectivity index (χ3n) is 3.98. The molecule has 0 unspecified atom stereocenters. The Morgan fingerprint density at radius 1 is 1.12 bits per heavy atom. The highest BCUT2D eigenvalue weighted by Gasteiger charge is 2.29. The average molecular weight is 369 g/mol. The van der Waals surface area contributed by atoms with E-state index in [1.54, 1.807) is 12.1 Å². The van der Waals surface area contributed by atoms with Crippen molar-refractivity contribution in [3.63, 3.8) is 0 Å². The molecule has 25 heavy (non-hydrogen) atoms. The summed E-state index contributed by atoms with van der Waals surface area (Å²) in [6.07, 6.45) is 1.91. The van der Waals surface area contributed by atoms with E-state index in [4.69, 9.17) is 0 Å². The summed E-state index contributed by atoms with van der Waals surface area (Å²) < 4.78 is 25.7. The number of aryl methyl sites for hydroxylation is 1. The molecule has 0 aromatic heterocycles. The van der Waals surface area contributed by atoms with Crippen molar-refractivity contribution in [2.75, 3.05) is 17.1 Å². The lowest BCUT2D eigenvalue weighted by atomic mass is 9.82. The molecule has 0 spiro atoms. The highest BCUT2D eigenvalue weighted by atomic mass is 32.2. The zero-order chi connectivity index (χ0) is 19.6. The van der Waals surface area contributed by atoms with Crippen LogP contribution in [0.25, 0.3) is 0 Å². The second-order valence-electron chi connectivity index (χ2n) is 8.66. The van der Waals surface area contributed by atoms with E-state index in [1.807, 2.05) is 33.8 Å². The summed E-state index contributed by atoms with van der Waals surface area (Å²) >= 11 is 0. The van der Waals surface area contributed by atoms with Crippen LogP contribution in [0.4, 0.5) is 5.69 Å². The smallest absolute Gasteiger partial charge is 0.241 e. The van der Waals surface area contributed by atoms with Crippen molar-refractivity contribution >= 4 is 21.6 Å². The minimum absolute atomic E-state index is 0.0560. The van der Waals surface area contributed by atoms with Crippen LogP contribution in [0.1, 0.15) is 52.2 Å². The van der Waals surface area contributed by atoms with E-state index in [0.717, 1.165) is 23.8 Å². The van der Waals surface area contributed by atoms with Gasteiger partial charge in [0.2, 0.25) is 15.9 Å². The Bertz CT molecular complexity index is 732. The summed E-state index contributed by atoms with van der Waals surface area (Å²) in [6, 6.07) is 5.46. The first-order chi connectivity index (χ1) is 11.1. The molecule has 0 radical (unpaired) electrons. The number of carbonyl (C=O) groups is 1. The number of hydrogen-bond donors (Lipinski definition) is 1. The Kier molecular flexibility index (Phi) is 6.32. The van der Waals surface area contributed by atoms with Crippen molar-refractivity contribution in [3.8, 4) is 0 Å². The molecule has 1 N–H and O–H groups in total. The van der Waals surface area contributed by atoms with Crippen molar-refractivity contribution < 1.29 is 13.2 Å². The first-order valence-corrected chi connectivity index (χ1v) is 10.3. The summed E-state index contributed by atoms with van der Waals surface area (Å²) in [7, 11) is -3.57. The van der Waals surface area contributed by atoms with E-state index in [0.29, 0.717) is 5.69 Å². The summed E-state index contributed by atoms with van der Waals surface area (Å²) in [4.78, 5) is 12.6. The fourth-order valence-corrected chi connectivity index (χ4v) is 4.21. The number of nitrogens with one attached hydrogen (secondary N) is 1. The fourth-order valence-electron chi connectivity index (χ4n) is 3.30. The molecule has 0 saturated carbocycles. The van der Waals surface area contributed by atoms with Crippen LogP contribution in [-0.4, -0.2) is 32.7 Å².